The molecule has 0 aromatic carbocycles. The van der Waals surface area contributed by atoms with Crippen LogP contribution in [0.2, 0.25) is 0 Å². The van der Waals surface area contributed by atoms with Gasteiger partial charge in [0.15, 0.2) is 0 Å². The van der Waals surface area contributed by atoms with Crippen molar-refractivity contribution in [3.05, 3.63) is 16.1 Å². The first-order chi connectivity index (χ1) is 9.49. The van der Waals surface area contributed by atoms with E-state index < -0.39 is 0 Å². The lowest BCUT2D eigenvalue weighted by molar-refractivity contribution is 0.225. The van der Waals surface area contributed by atoms with Crippen molar-refractivity contribution >= 4 is 11.3 Å². The highest BCUT2D eigenvalue weighted by molar-refractivity contribution is 7.09. The molecule has 4 heteroatoms. The van der Waals surface area contributed by atoms with Crippen molar-refractivity contribution in [1.82, 2.24) is 15.2 Å². The summed E-state index contributed by atoms with van der Waals surface area (Å²) in [5.41, 5.74) is 1.68. The van der Waals surface area contributed by atoms with Gasteiger partial charge in [-0.2, -0.15) is 0 Å². The Hall–Kier alpha value is -0.450. The number of nitrogens with one attached hydrogen (secondary N) is 1. The van der Waals surface area contributed by atoms with Crippen molar-refractivity contribution in [2.24, 2.45) is 11.3 Å². The lowest BCUT2D eigenvalue weighted by Crippen LogP contribution is -2.25. The van der Waals surface area contributed by atoms with Gasteiger partial charge in [-0.25, -0.2) is 4.98 Å². The third kappa shape index (κ3) is 4.54. The molecule has 1 aliphatic rings. The van der Waals surface area contributed by atoms with Gasteiger partial charge in [0.25, 0.3) is 0 Å². The van der Waals surface area contributed by atoms with Crippen molar-refractivity contribution in [3.63, 3.8) is 0 Å². The molecule has 0 saturated carbocycles. The van der Waals surface area contributed by atoms with Crippen LogP contribution in [0.3, 0.4) is 0 Å². The first kappa shape index (κ1) is 15.9. The van der Waals surface area contributed by atoms with Crippen LogP contribution in [-0.4, -0.2) is 29.5 Å². The molecule has 20 heavy (non-hydrogen) atoms. The average Bonchev–Trinajstić information content (AvgIpc) is 2.99. The minimum absolute atomic E-state index is 0.437. The molecule has 0 bridgehead atoms. The van der Waals surface area contributed by atoms with E-state index in [0.717, 1.165) is 25.6 Å². The normalized spacial score (nSPS) is 20.7. The third-order valence-electron chi connectivity index (χ3n) is 4.19. The Morgan fingerprint density at radius 2 is 2.25 bits per heavy atom. The summed E-state index contributed by atoms with van der Waals surface area (Å²) < 4.78 is 0. The number of rotatable bonds is 6. The van der Waals surface area contributed by atoms with Gasteiger partial charge in [-0.3, -0.25) is 4.90 Å². The van der Waals surface area contributed by atoms with Gasteiger partial charge in [0.1, 0.15) is 5.01 Å². The average molecular weight is 295 g/mol. The summed E-state index contributed by atoms with van der Waals surface area (Å²) in [6.45, 7) is 14.8. The zero-order chi connectivity index (χ0) is 14.6. The first-order valence-corrected chi connectivity index (χ1v) is 8.73. The van der Waals surface area contributed by atoms with Crippen LogP contribution < -0.4 is 5.32 Å². The van der Waals surface area contributed by atoms with Gasteiger partial charge in [0.05, 0.1) is 5.69 Å². The van der Waals surface area contributed by atoms with Gasteiger partial charge in [0, 0.05) is 25.0 Å². The molecule has 1 unspecified atom stereocenters. The fraction of sp³-hybridized carbons (Fsp3) is 0.812. The minimum atomic E-state index is 0.437. The monoisotopic (exact) mass is 295 g/mol. The van der Waals surface area contributed by atoms with Gasteiger partial charge >= 0.3 is 0 Å². The second kappa shape index (κ2) is 7.01. The number of hydrogen-bond acceptors (Lipinski definition) is 4. The fourth-order valence-corrected chi connectivity index (χ4v) is 3.54. The molecular formula is C16H29N3S. The van der Waals surface area contributed by atoms with Crippen molar-refractivity contribution in [1.29, 1.82) is 0 Å². The summed E-state index contributed by atoms with van der Waals surface area (Å²) in [5.74, 6) is 0.826. The Labute approximate surface area is 127 Å². The maximum Gasteiger partial charge on any atom is 0.107 e. The molecule has 0 aliphatic carbocycles. The van der Waals surface area contributed by atoms with Crippen molar-refractivity contribution in [2.75, 3.05) is 19.6 Å². The predicted molar refractivity (Wildman–Crippen MR) is 87.0 cm³/mol. The molecule has 2 rings (SSSR count). The molecule has 1 aliphatic heterocycles. The van der Waals surface area contributed by atoms with Crippen LogP contribution in [-0.2, 0) is 13.1 Å². The third-order valence-corrected chi connectivity index (χ3v) is 5.08. The Balaban J connectivity index is 1.80. The Morgan fingerprint density at radius 1 is 1.45 bits per heavy atom. The maximum atomic E-state index is 4.75. The molecule has 1 N–H and O–H groups in total. The van der Waals surface area contributed by atoms with Gasteiger partial charge in [-0.05, 0) is 37.3 Å². The van der Waals surface area contributed by atoms with Crippen molar-refractivity contribution in [2.45, 2.75) is 53.6 Å². The van der Waals surface area contributed by atoms with Crippen LogP contribution in [0.1, 0.15) is 51.2 Å². The van der Waals surface area contributed by atoms with Crippen LogP contribution in [0.5, 0.6) is 0 Å². The van der Waals surface area contributed by atoms with Crippen LogP contribution in [0.25, 0.3) is 0 Å². The molecular weight excluding hydrogens is 266 g/mol. The van der Waals surface area contributed by atoms with E-state index in [1.165, 1.54) is 36.6 Å². The molecule has 2 heterocycles. The van der Waals surface area contributed by atoms with Gasteiger partial charge in [0.2, 0.25) is 0 Å². The SMILES string of the molecule is CCCNCc1nc(CN2CCC(C(C)(C)C)C2)cs1. The summed E-state index contributed by atoms with van der Waals surface area (Å²) >= 11 is 1.79. The summed E-state index contributed by atoms with van der Waals surface area (Å²) in [6, 6.07) is 0. The smallest absolute Gasteiger partial charge is 0.107 e. The Kier molecular flexibility index (Phi) is 5.58. The summed E-state index contributed by atoms with van der Waals surface area (Å²) in [4.78, 5) is 7.31. The molecule has 1 atom stereocenters. The van der Waals surface area contributed by atoms with Crippen LogP contribution in [0.4, 0.5) is 0 Å². The van der Waals surface area contributed by atoms with Gasteiger partial charge < -0.3 is 5.32 Å². The summed E-state index contributed by atoms with van der Waals surface area (Å²) in [6.07, 6.45) is 2.51. The van der Waals surface area contributed by atoms with E-state index in [1.807, 2.05) is 0 Å². The number of hydrogen-bond donors (Lipinski definition) is 1. The zero-order valence-corrected chi connectivity index (χ0v) is 14.2. The highest BCUT2D eigenvalue weighted by atomic mass is 32.1. The second-order valence-electron chi connectivity index (χ2n) is 7.00. The van der Waals surface area contributed by atoms with E-state index in [0.29, 0.717) is 5.41 Å². The molecule has 114 valence electrons. The van der Waals surface area contributed by atoms with Crippen molar-refractivity contribution < 1.29 is 0 Å². The van der Waals surface area contributed by atoms with Gasteiger partial charge in [-0.15, -0.1) is 11.3 Å². The highest BCUT2D eigenvalue weighted by Crippen LogP contribution is 2.34. The van der Waals surface area contributed by atoms with Crippen LogP contribution in [0.15, 0.2) is 5.38 Å². The molecule has 1 aromatic rings. The molecule has 0 spiro atoms. The highest BCUT2D eigenvalue weighted by Gasteiger charge is 2.31. The first-order valence-electron chi connectivity index (χ1n) is 7.85. The van der Waals surface area contributed by atoms with Gasteiger partial charge in [-0.1, -0.05) is 27.7 Å². The van der Waals surface area contributed by atoms with Crippen LogP contribution >= 0.6 is 11.3 Å². The van der Waals surface area contributed by atoms with E-state index >= 15 is 0 Å². The van der Waals surface area contributed by atoms with E-state index in [4.69, 9.17) is 4.98 Å². The lowest BCUT2D eigenvalue weighted by atomic mass is 9.80. The van der Waals surface area contributed by atoms with E-state index in [1.54, 1.807) is 11.3 Å². The second-order valence-corrected chi connectivity index (χ2v) is 7.94. The summed E-state index contributed by atoms with van der Waals surface area (Å²) in [5, 5.41) is 6.87. The Morgan fingerprint density at radius 3 is 2.90 bits per heavy atom. The van der Waals surface area contributed by atoms with E-state index in [2.05, 4.69) is 43.3 Å². The molecule has 0 amide bonds. The quantitative estimate of drug-likeness (QED) is 0.814. The number of aromatic nitrogens is 1. The zero-order valence-electron chi connectivity index (χ0n) is 13.4. The van der Waals surface area contributed by atoms with E-state index in [9.17, 15) is 0 Å². The predicted octanol–water partition coefficient (Wildman–Crippen LogP) is 3.51. The minimum Gasteiger partial charge on any atom is -0.310 e. The number of likely N-dealkylation sites (tertiary alicyclic amines) is 1. The molecule has 1 aromatic heterocycles. The molecule has 1 saturated heterocycles. The van der Waals surface area contributed by atoms with E-state index in [-0.39, 0.29) is 0 Å². The fourth-order valence-electron chi connectivity index (χ4n) is 2.79. The largest absolute Gasteiger partial charge is 0.310 e. The number of nitrogens with zero attached hydrogens (tertiary/aromatic N) is 2. The number of thiazole rings is 1. The molecule has 3 nitrogen and oxygen atoms in total. The van der Waals surface area contributed by atoms with Crippen molar-refractivity contribution in [3.8, 4) is 0 Å². The lowest BCUT2D eigenvalue weighted by Gasteiger charge is -2.26. The topological polar surface area (TPSA) is 28.2 Å². The van der Waals surface area contributed by atoms with Crippen LogP contribution in [0, 0.1) is 11.3 Å². The molecule has 0 radical (unpaired) electrons. The summed E-state index contributed by atoms with van der Waals surface area (Å²) in [7, 11) is 0. The standard InChI is InChI=1S/C16H29N3S/c1-5-7-17-9-15-18-14(12-20-15)11-19-8-6-13(10-19)16(2,3)4/h12-13,17H,5-11H2,1-4H3. The maximum absolute atomic E-state index is 4.75. The Bertz CT molecular complexity index is 408. The molecule has 1 fully saturated rings.